The van der Waals surface area contributed by atoms with Crippen LogP contribution in [0, 0.1) is 6.92 Å². The van der Waals surface area contributed by atoms with Crippen molar-refractivity contribution in [1.29, 1.82) is 0 Å². The Labute approximate surface area is 118 Å². The second-order valence-electron chi connectivity index (χ2n) is 4.13. The topological polar surface area (TPSA) is 24.9 Å². The van der Waals surface area contributed by atoms with Gasteiger partial charge >= 0.3 is 0 Å². The molecule has 0 saturated carbocycles. The summed E-state index contributed by atoms with van der Waals surface area (Å²) in [4.78, 5) is 4.57. The molecule has 1 N–H and O–H groups in total. The van der Waals surface area contributed by atoms with Gasteiger partial charge in [-0.1, -0.05) is 39.4 Å². The number of benzene rings is 2. The van der Waals surface area contributed by atoms with E-state index in [-0.39, 0.29) is 0 Å². The van der Waals surface area contributed by atoms with E-state index in [0.29, 0.717) is 0 Å². The molecule has 3 aromatic rings. The molecule has 2 nitrogen and oxygen atoms in total. The number of nitrogens with zero attached hydrogens (tertiary/aromatic N) is 1. The number of aromatic nitrogens is 1. The average Bonchev–Trinajstić information content (AvgIpc) is 2.70. The molecule has 0 radical (unpaired) electrons. The zero-order valence-electron chi connectivity index (χ0n) is 9.77. The number of thiazole rings is 1. The molecule has 2 aromatic carbocycles. The van der Waals surface area contributed by atoms with Crippen LogP contribution in [0.4, 0.5) is 10.8 Å². The van der Waals surface area contributed by atoms with Gasteiger partial charge in [-0.2, -0.15) is 0 Å². The first-order valence-corrected chi connectivity index (χ1v) is 7.21. The molecule has 0 saturated heterocycles. The number of nitrogens with one attached hydrogen (secondary N) is 1. The van der Waals surface area contributed by atoms with Crippen molar-refractivity contribution < 1.29 is 0 Å². The van der Waals surface area contributed by atoms with Gasteiger partial charge < -0.3 is 5.32 Å². The van der Waals surface area contributed by atoms with Gasteiger partial charge in [-0.15, -0.1) is 0 Å². The summed E-state index contributed by atoms with van der Waals surface area (Å²) in [5, 5.41) is 4.26. The summed E-state index contributed by atoms with van der Waals surface area (Å²) in [6.07, 6.45) is 0. The predicted molar refractivity (Wildman–Crippen MR) is 81.8 cm³/mol. The lowest BCUT2D eigenvalue weighted by Gasteiger charge is -2.01. The molecule has 3 rings (SSSR count). The van der Waals surface area contributed by atoms with Crippen LogP contribution in [0.25, 0.3) is 10.2 Å². The Morgan fingerprint density at radius 3 is 2.89 bits per heavy atom. The molecule has 18 heavy (non-hydrogen) atoms. The van der Waals surface area contributed by atoms with E-state index in [1.165, 1.54) is 10.3 Å². The van der Waals surface area contributed by atoms with Crippen LogP contribution in [-0.4, -0.2) is 4.98 Å². The van der Waals surface area contributed by atoms with Crippen molar-refractivity contribution in [2.45, 2.75) is 6.92 Å². The van der Waals surface area contributed by atoms with E-state index in [4.69, 9.17) is 0 Å². The van der Waals surface area contributed by atoms with Gasteiger partial charge in [0, 0.05) is 10.2 Å². The first kappa shape index (κ1) is 11.7. The molecule has 90 valence electrons. The Kier molecular flexibility index (Phi) is 3.06. The molecule has 0 bridgehead atoms. The Morgan fingerprint density at radius 1 is 1.17 bits per heavy atom. The maximum atomic E-state index is 4.57. The third-order valence-electron chi connectivity index (χ3n) is 2.62. The van der Waals surface area contributed by atoms with Crippen molar-refractivity contribution in [2.75, 3.05) is 5.32 Å². The second-order valence-corrected chi connectivity index (χ2v) is 6.07. The van der Waals surface area contributed by atoms with Crippen molar-refractivity contribution in [3.63, 3.8) is 0 Å². The maximum absolute atomic E-state index is 4.57. The van der Waals surface area contributed by atoms with E-state index >= 15 is 0 Å². The fraction of sp³-hybridized carbons (Fsp3) is 0.0714. The molecule has 4 heteroatoms. The van der Waals surface area contributed by atoms with Crippen molar-refractivity contribution >= 4 is 48.3 Å². The summed E-state index contributed by atoms with van der Waals surface area (Å²) < 4.78 is 2.27. The third-order valence-corrected chi connectivity index (χ3v) is 4.05. The molecule has 1 heterocycles. The number of halogens is 1. The third kappa shape index (κ3) is 2.40. The van der Waals surface area contributed by atoms with Gasteiger partial charge in [0.1, 0.15) is 0 Å². The van der Waals surface area contributed by atoms with Crippen LogP contribution < -0.4 is 5.32 Å². The van der Waals surface area contributed by atoms with Gasteiger partial charge in [0.15, 0.2) is 5.13 Å². The van der Waals surface area contributed by atoms with Crippen LogP contribution in [-0.2, 0) is 0 Å². The van der Waals surface area contributed by atoms with Gasteiger partial charge in [-0.3, -0.25) is 0 Å². The van der Waals surface area contributed by atoms with Crippen molar-refractivity contribution in [2.24, 2.45) is 0 Å². The average molecular weight is 319 g/mol. The lowest BCUT2D eigenvalue weighted by Crippen LogP contribution is -1.88. The highest BCUT2D eigenvalue weighted by molar-refractivity contribution is 9.10. The van der Waals surface area contributed by atoms with E-state index in [9.17, 15) is 0 Å². The molecule has 0 spiro atoms. The quantitative estimate of drug-likeness (QED) is 0.710. The summed E-state index contributed by atoms with van der Waals surface area (Å²) in [6.45, 7) is 2.10. The zero-order valence-corrected chi connectivity index (χ0v) is 12.2. The van der Waals surface area contributed by atoms with Crippen LogP contribution in [0.15, 0.2) is 46.9 Å². The molecule has 0 fully saturated rings. The van der Waals surface area contributed by atoms with E-state index in [1.54, 1.807) is 11.3 Å². The number of hydrogen-bond acceptors (Lipinski definition) is 3. The van der Waals surface area contributed by atoms with E-state index < -0.39 is 0 Å². The summed E-state index contributed by atoms with van der Waals surface area (Å²) >= 11 is 5.14. The predicted octanol–water partition coefficient (Wildman–Crippen LogP) is 5.11. The Balaban J connectivity index is 1.95. The van der Waals surface area contributed by atoms with Crippen LogP contribution in [0.3, 0.4) is 0 Å². The number of hydrogen-bond donors (Lipinski definition) is 1. The SMILES string of the molecule is Cc1ccc2nc(Nc3cccc(Br)c3)sc2c1. The van der Waals surface area contributed by atoms with Crippen LogP contribution in [0.5, 0.6) is 0 Å². The first-order chi connectivity index (χ1) is 8.70. The molecule has 0 aliphatic rings. The van der Waals surface area contributed by atoms with Gasteiger partial charge in [-0.25, -0.2) is 4.98 Å². The Morgan fingerprint density at radius 2 is 2.06 bits per heavy atom. The van der Waals surface area contributed by atoms with Gasteiger partial charge in [-0.05, 0) is 42.8 Å². The highest BCUT2D eigenvalue weighted by Crippen LogP contribution is 2.29. The molecule has 0 unspecified atom stereocenters. The van der Waals surface area contributed by atoms with Gasteiger partial charge in [0.2, 0.25) is 0 Å². The normalized spacial score (nSPS) is 10.8. The fourth-order valence-corrected chi connectivity index (χ4v) is 3.16. The molecular formula is C14H11BrN2S. The van der Waals surface area contributed by atoms with E-state index in [2.05, 4.69) is 51.4 Å². The fourth-order valence-electron chi connectivity index (χ4n) is 1.78. The van der Waals surface area contributed by atoms with Gasteiger partial charge in [0.25, 0.3) is 0 Å². The highest BCUT2D eigenvalue weighted by Gasteiger charge is 2.04. The number of anilines is 2. The van der Waals surface area contributed by atoms with Crippen molar-refractivity contribution in [3.05, 3.63) is 52.5 Å². The minimum atomic E-state index is 0.925. The summed E-state index contributed by atoms with van der Waals surface area (Å²) in [6, 6.07) is 14.4. The minimum Gasteiger partial charge on any atom is -0.331 e. The van der Waals surface area contributed by atoms with Crippen LogP contribution in [0.2, 0.25) is 0 Å². The Bertz CT molecular complexity index is 706. The van der Waals surface area contributed by atoms with Gasteiger partial charge in [0.05, 0.1) is 10.2 Å². The summed E-state index contributed by atoms with van der Waals surface area (Å²) in [7, 11) is 0. The van der Waals surface area contributed by atoms with E-state index in [1.807, 2.05) is 24.3 Å². The molecule has 0 amide bonds. The van der Waals surface area contributed by atoms with Crippen molar-refractivity contribution in [3.8, 4) is 0 Å². The highest BCUT2D eigenvalue weighted by atomic mass is 79.9. The zero-order chi connectivity index (χ0) is 12.5. The lowest BCUT2D eigenvalue weighted by molar-refractivity contribution is 1.43. The largest absolute Gasteiger partial charge is 0.331 e. The Hall–Kier alpha value is -1.39. The van der Waals surface area contributed by atoms with Crippen LogP contribution in [0.1, 0.15) is 5.56 Å². The van der Waals surface area contributed by atoms with Crippen molar-refractivity contribution in [1.82, 2.24) is 4.98 Å². The second kappa shape index (κ2) is 4.71. The number of aryl methyl sites for hydroxylation is 1. The molecule has 0 aliphatic heterocycles. The molecule has 1 aromatic heterocycles. The van der Waals surface area contributed by atoms with E-state index in [0.717, 1.165) is 20.8 Å². The first-order valence-electron chi connectivity index (χ1n) is 5.60. The number of fused-ring (bicyclic) bond motifs is 1. The number of rotatable bonds is 2. The standard InChI is InChI=1S/C14H11BrN2S/c1-9-5-6-12-13(7-9)18-14(17-12)16-11-4-2-3-10(15)8-11/h2-8H,1H3,(H,16,17). The monoisotopic (exact) mass is 318 g/mol. The lowest BCUT2D eigenvalue weighted by atomic mass is 10.2. The van der Waals surface area contributed by atoms with Crippen LogP contribution >= 0.6 is 27.3 Å². The minimum absolute atomic E-state index is 0.925. The summed E-state index contributed by atoms with van der Waals surface area (Å²) in [5.41, 5.74) is 3.35. The molecular weight excluding hydrogens is 308 g/mol. The molecule has 0 atom stereocenters. The maximum Gasteiger partial charge on any atom is 0.188 e. The molecule has 0 aliphatic carbocycles. The smallest absolute Gasteiger partial charge is 0.188 e. The summed E-state index contributed by atoms with van der Waals surface area (Å²) in [5.74, 6) is 0.